The van der Waals surface area contributed by atoms with Crippen molar-refractivity contribution in [3.05, 3.63) is 24.8 Å². The van der Waals surface area contributed by atoms with Crippen LogP contribution in [0.3, 0.4) is 0 Å². The van der Waals surface area contributed by atoms with Gasteiger partial charge in [0.2, 0.25) is 0 Å². The first-order chi connectivity index (χ1) is 8.94. The van der Waals surface area contributed by atoms with Crippen molar-refractivity contribution in [2.75, 3.05) is 6.61 Å². The van der Waals surface area contributed by atoms with E-state index < -0.39 is 10.4 Å². The zero-order valence-electron chi connectivity index (χ0n) is 10.0. The first kappa shape index (κ1) is 13.5. The van der Waals surface area contributed by atoms with Gasteiger partial charge in [0.05, 0.1) is 5.56 Å². The van der Waals surface area contributed by atoms with Gasteiger partial charge in [-0.2, -0.15) is 13.5 Å². The summed E-state index contributed by atoms with van der Waals surface area (Å²) in [5, 5.41) is 8.18. The van der Waals surface area contributed by atoms with Gasteiger partial charge in [-0.25, -0.2) is 9.17 Å². The van der Waals surface area contributed by atoms with Crippen molar-refractivity contribution in [2.45, 2.75) is 6.54 Å². The third kappa shape index (κ3) is 4.05. The summed E-state index contributed by atoms with van der Waals surface area (Å²) < 4.78 is 36.3. The highest BCUT2D eigenvalue weighted by molar-refractivity contribution is 7.80. The van der Waals surface area contributed by atoms with Crippen LogP contribution in [0.2, 0.25) is 0 Å². The molecule has 0 bridgehead atoms. The Bertz CT molecular complexity index is 652. The Balaban J connectivity index is 1.99. The van der Waals surface area contributed by atoms with E-state index in [2.05, 4.69) is 19.4 Å². The molecule has 0 aromatic carbocycles. The van der Waals surface area contributed by atoms with Crippen LogP contribution in [0.4, 0.5) is 0 Å². The van der Waals surface area contributed by atoms with Crippen LogP contribution in [-0.2, 0) is 28.2 Å². The fourth-order valence-electron chi connectivity index (χ4n) is 1.36. The number of aromatic nitrogens is 5. The molecule has 0 aliphatic carbocycles. The SMILES string of the molecule is Cn1cnc(-c2cc[n+](CCOS(=O)(=O)O)nc2)n1. The molecule has 0 amide bonds. The fraction of sp³-hybridized carbons (Fsp3) is 0.333. The third-order valence-corrected chi connectivity index (χ3v) is 2.65. The molecular formula is C9H12N5O4S+. The maximum Gasteiger partial charge on any atom is 0.397 e. The van der Waals surface area contributed by atoms with E-state index in [9.17, 15) is 8.42 Å². The van der Waals surface area contributed by atoms with Gasteiger partial charge >= 0.3 is 10.4 Å². The number of hydrogen-bond acceptors (Lipinski definition) is 6. The van der Waals surface area contributed by atoms with E-state index in [0.29, 0.717) is 5.82 Å². The Morgan fingerprint density at radius 2 is 2.32 bits per heavy atom. The maximum atomic E-state index is 10.3. The summed E-state index contributed by atoms with van der Waals surface area (Å²) in [6, 6.07) is 1.75. The maximum absolute atomic E-state index is 10.3. The molecule has 0 unspecified atom stereocenters. The summed E-state index contributed by atoms with van der Waals surface area (Å²) >= 11 is 0. The van der Waals surface area contributed by atoms with Gasteiger partial charge in [-0.1, -0.05) is 4.68 Å². The van der Waals surface area contributed by atoms with Gasteiger partial charge in [-0.3, -0.25) is 9.23 Å². The largest absolute Gasteiger partial charge is 0.397 e. The molecule has 10 heteroatoms. The first-order valence-corrected chi connectivity index (χ1v) is 6.64. The van der Waals surface area contributed by atoms with Crippen LogP contribution in [0.15, 0.2) is 24.8 Å². The zero-order valence-corrected chi connectivity index (χ0v) is 10.9. The average Bonchev–Trinajstić information content (AvgIpc) is 2.75. The zero-order chi connectivity index (χ0) is 13.9. The predicted octanol–water partition coefficient (Wildman–Crippen LogP) is -1.02. The summed E-state index contributed by atoms with van der Waals surface area (Å²) in [7, 11) is -2.64. The molecular weight excluding hydrogens is 274 g/mol. The number of hydrogen-bond donors (Lipinski definition) is 1. The van der Waals surface area contributed by atoms with Crippen molar-refractivity contribution in [1.29, 1.82) is 0 Å². The molecule has 0 spiro atoms. The van der Waals surface area contributed by atoms with Crippen molar-refractivity contribution in [3.8, 4) is 11.4 Å². The minimum absolute atomic E-state index is 0.190. The molecule has 0 atom stereocenters. The van der Waals surface area contributed by atoms with Gasteiger partial charge in [0.1, 0.15) is 19.1 Å². The van der Waals surface area contributed by atoms with E-state index in [4.69, 9.17) is 4.55 Å². The highest BCUT2D eigenvalue weighted by Gasteiger charge is 2.10. The van der Waals surface area contributed by atoms with E-state index in [0.717, 1.165) is 5.56 Å². The van der Waals surface area contributed by atoms with Gasteiger partial charge in [0.15, 0.2) is 18.6 Å². The Hall–Kier alpha value is -1.91. The van der Waals surface area contributed by atoms with Crippen molar-refractivity contribution < 1.29 is 21.8 Å². The average molecular weight is 286 g/mol. The molecule has 1 N–H and O–H groups in total. The Morgan fingerprint density at radius 1 is 1.53 bits per heavy atom. The van der Waals surface area contributed by atoms with Gasteiger partial charge in [-0.05, 0) is 5.10 Å². The first-order valence-electron chi connectivity index (χ1n) is 5.28. The standard InChI is InChI=1S/C9H11N5O4S/c1-13-7-10-9(12-13)8-2-3-14(11-6-8)4-5-18-19(15,16)17/h2-3,6-7H,4-5H2,1H3/p+1. The molecule has 19 heavy (non-hydrogen) atoms. The third-order valence-electron chi connectivity index (χ3n) is 2.18. The second kappa shape index (κ2) is 5.38. The van der Waals surface area contributed by atoms with Crippen LogP contribution in [-0.4, -0.2) is 39.4 Å². The summed E-state index contributed by atoms with van der Waals surface area (Å²) in [6.45, 7) is -0.00655. The summed E-state index contributed by atoms with van der Waals surface area (Å²) in [4.78, 5) is 4.08. The van der Waals surface area contributed by atoms with Gasteiger partial charge in [0, 0.05) is 13.1 Å². The van der Waals surface area contributed by atoms with Crippen LogP contribution in [0.5, 0.6) is 0 Å². The van der Waals surface area contributed by atoms with E-state index in [1.54, 1.807) is 36.5 Å². The topological polar surface area (TPSA) is 111 Å². The molecule has 2 rings (SSSR count). The molecule has 0 aliphatic heterocycles. The molecule has 2 aromatic rings. The molecule has 0 fully saturated rings. The van der Waals surface area contributed by atoms with E-state index >= 15 is 0 Å². The van der Waals surface area contributed by atoms with E-state index in [-0.39, 0.29) is 13.2 Å². The van der Waals surface area contributed by atoms with E-state index in [1.165, 1.54) is 4.68 Å². The summed E-state index contributed by atoms with van der Waals surface area (Å²) in [6.07, 6.45) is 4.78. The van der Waals surface area contributed by atoms with Crippen LogP contribution in [0, 0.1) is 0 Å². The van der Waals surface area contributed by atoms with Gasteiger partial charge in [-0.15, -0.1) is 0 Å². The molecule has 102 valence electrons. The lowest BCUT2D eigenvalue weighted by molar-refractivity contribution is -0.754. The highest BCUT2D eigenvalue weighted by Crippen LogP contribution is 2.09. The second-order valence-corrected chi connectivity index (χ2v) is 4.76. The van der Waals surface area contributed by atoms with Crippen molar-refractivity contribution in [1.82, 2.24) is 19.9 Å². The lowest BCUT2D eigenvalue weighted by Crippen LogP contribution is -2.39. The highest BCUT2D eigenvalue weighted by atomic mass is 32.3. The molecule has 9 nitrogen and oxygen atoms in total. The van der Waals surface area contributed by atoms with Crippen molar-refractivity contribution in [2.24, 2.45) is 7.05 Å². The van der Waals surface area contributed by atoms with Crippen molar-refractivity contribution >= 4 is 10.4 Å². The number of rotatable bonds is 5. The number of aryl methyl sites for hydroxylation is 1. The van der Waals surface area contributed by atoms with E-state index in [1.807, 2.05) is 0 Å². The smallest absolute Gasteiger partial charge is 0.264 e. The minimum Gasteiger partial charge on any atom is -0.264 e. The molecule has 0 radical (unpaired) electrons. The molecule has 0 aliphatic rings. The lowest BCUT2D eigenvalue weighted by Gasteiger charge is -1.96. The van der Waals surface area contributed by atoms with Gasteiger partial charge in [0.25, 0.3) is 0 Å². The predicted molar refractivity (Wildman–Crippen MR) is 61.9 cm³/mol. The Labute approximate surface area is 109 Å². The Morgan fingerprint density at radius 3 is 2.84 bits per heavy atom. The number of nitrogens with zero attached hydrogens (tertiary/aromatic N) is 5. The molecule has 0 saturated heterocycles. The lowest BCUT2D eigenvalue weighted by atomic mass is 10.3. The van der Waals surface area contributed by atoms with Crippen LogP contribution >= 0.6 is 0 Å². The molecule has 2 aromatic heterocycles. The monoisotopic (exact) mass is 286 g/mol. The Kier molecular flexibility index (Phi) is 3.83. The summed E-state index contributed by atoms with van der Waals surface area (Å²) in [5.41, 5.74) is 0.743. The van der Waals surface area contributed by atoms with Crippen molar-refractivity contribution in [3.63, 3.8) is 0 Å². The van der Waals surface area contributed by atoms with Crippen LogP contribution in [0.1, 0.15) is 0 Å². The quantitative estimate of drug-likeness (QED) is 0.553. The van der Waals surface area contributed by atoms with Gasteiger partial charge < -0.3 is 0 Å². The minimum atomic E-state index is -4.41. The molecule has 0 saturated carbocycles. The fourth-order valence-corrected chi connectivity index (χ4v) is 1.64. The van der Waals surface area contributed by atoms with Crippen LogP contribution < -0.4 is 4.68 Å². The normalized spacial score (nSPS) is 11.7. The summed E-state index contributed by atoms with van der Waals surface area (Å²) in [5.74, 6) is 0.552. The molecule has 2 heterocycles. The van der Waals surface area contributed by atoms with Crippen LogP contribution in [0.25, 0.3) is 11.4 Å². The second-order valence-electron chi connectivity index (χ2n) is 3.67.